The lowest BCUT2D eigenvalue weighted by Gasteiger charge is -2.35. The van der Waals surface area contributed by atoms with Crippen LogP contribution in [-0.4, -0.2) is 43.0 Å². The SMILES string of the molecule is COc1cc(C=C2C(=O)NC(=O)N(C3CCCCC3)C2=O)cc(Br)c1OC. The Balaban J connectivity index is 1.96. The van der Waals surface area contributed by atoms with Gasteiger partial charge in [-0.3, -0.25) is 19.8 Å². The number of amides is 4. The van der Waals surface area contributed by atoms with Crippen LogP contribution in [0.2, 0.25) is 0 Å². The summed E-state index contributed by atoms with van der Waals surface area (Å²) in [6.07, 6.45) is 6.04. The Morgan fingerprint density at radius 2 is 1.81 bits per heavy atom. The predicted octanol–water partition coefficient (Wildman–Crippen LogP) is 3.26. The molecule has 0 atom stereocenters. The number of methoxy groups -OCH3 is 2. The van der Waals surface area contributed by atoms with Crippen molar-refractivity contribution in [3.63, 3.8) is 0 Å². The molecule has 1 aromatic carbocycles. The fourth-order valence-corrected chi connectivity index (χ4v) is 4.15. The first-order valence-electron chi connectivity index (χ1n) is 8.78. The normalized spacial score (nSPS) is 20.0. The summed E-state index contributed by atoms with van der Waals surface area (Å²) in [5.41, 5.74) is 0.510. The Labute approximate surface area is 165 Å². The van der Waals surface area contributed by atoms with Crippen LogP contribution in [-0.2, 0) is 9.59 Å². The number of nitrogens with one attached hydrogen (secondary N) is 1. The third-order valence-corrected chi connectivity index (χ3v) is 5.43. The van der Waals surface area contributed by atoms with E-state index in [9.17, 15) is 14.4 Å². The van der Waals surface area contributed by atoms with Crippen LogP contribution in [0.4, 0.5) is 4.79 Å². The highest BCUT2D eigenvalue weighted by Gasteiger charge is 2.40. The second kappa shape index (κ2) is 8.12. The molecule has 1 saturated heterocycles. The molecule has 0 bridgehead atoms. The van der Waals surface area contributed by atoms with Gasteiger partial charge < -0.3 is 9.47 Å². The monoisotopic (exact) mass is 436 g/mol. The minimum atomic E-state index is -0.692. The van der Waals surface area contributed by atoms with Crippen LogP contribution < -0.4 is 14.8 Å². The smallest absolute Gasteiger partial charge is 0.331 e. The Bertz CT molecular complexity index is 815. The topological polar surface area (TPSA) is 84.9 Å². The molecule has 7 nitrogen and oxygen atoms in total. The zero-order chi connectivity index (χ0) is 19.6. The van der Waals surface area contributed by atoms with Crippen LogP contribution in [0.3, 0.4) is 0 Å². The lowest BCUT2D eigenvalue weighted by atomic mass is 9.93. The molecule has 3 rings (SSSR count). The Morgan fingerprint density at radius 1 is 1.11 bits per heavy atom. The van der Waals surface area contributed by atoms with Gasteiger partial charge in [0.25, 0.3) is 11.8 Å². The summed E-state index contributed by atoms with van der Waals surface area (Å²) in [5, 5.41) is 2.28. The zero-order valence-electron chi connectivity index (χ0n) is 15.2. The highest BCUT2D eigenvalue weighted by atomic mass is 79.9. The molecule has 27 heavy (non-hydrogen) atoms. The molecule has 0 radical (unpaired) electrons. The number of ether oxygens (including phenoxy) is 2. The number of hydrogen-bond donors (Lipinski definition) is 1. The van der Waals surface area contributed by atoms with Gasteiger partial charge >= 0.3 is 6.03 Å². The van der Waals surface area contributed by atoms with E-state index >= 15 is 0 Å². The van der Waals surface area contributed by atoms with Crippen LogP contribution in [0.5, 0.6) is 11.5 Å². The van der Waals surface area contributed by atoms with Crippen molar-refractivity contribution in [2.45, 2.75) is 38.1 Å². The molecule has 1 saturated carbocycles. The molecule has 0 aromatic heterocycles. The largest absolute Gasteiger partial charge is 0.493 e. The molecule has 0 spiro atoms. The predicted molar refractivity (Wildman–Crippen MR) is 102 cm³/mol. The van der Waals surface area contributed by atoms with Gasteiger partial charge in [-0.05, 0) is 52.5 Å². The van der Waals surface area contributed by atoms with Crippen LogP contribution in [0.25, 0.3) is 6.08 Å². The van der Waals surface area contributed by atoms with E-state index in [1.807, 2.05) is 0 Å². The van der Waals surface area contributed by atoms with Gasteiger partial charge in [0.05, 0.1) is 18.7 Å². The van der Waals surface area contributed by atoms with Gasteiger partial charge in [0.1, 0.15) is 5.57 Å². The third-order valence-electron chi connectivity index (χ3n) is 4.84. The van der Waals surface area contributed by atoms with Crippen molar-refractivity contribution in [2.75, 3.05) is 14.2 Å². The maximum Gasteiger partial charge on any atom is 0.331 e. The van der Waals surface area contributed by atoms with Crippen molar-refractivity contribution < 1.29 is 23.9 Å². The zero-order valence-corrected chi connectivity index (χ0v) is 16.8. The molecule has 2 aliphatic rings. The molecule has 1 aromatic rings. The van der Waals surface area contributed by atoms with Gasteiger partial charge in [-0.1, -0.05) is 19.3 Å². The van der Waals surface area contributed by atoms with Crippen LogP contribution in [0.1, 0.15) is 37.7 Å². The number of carbonyl (C=O) groups excluding carboxylic acids is 3. The number of halogens is 1. The van der Waals surface area contributed by atoms with Crippen molar-refractivity contribution in [3.05, 3.63) is 27.7 Å². The molecule has 144 valence electrons. The van der Waals surface area contributed by atoms with E-state index in [-0.39, 0.29) is 11.6 Å². The number of hydrogen-bond acceptors (Lipinski definition) is 5. The van der Waals surface area contributed by atoms with E-state index in [1.165, 1.54) is 25.2 Å². The average Bonchev–Trinajstić information content (AvgIpc) is 2.65. The number of nitrogens with zero attached hydrogens (tertiary/aromatic N) is 1. The van der Waals surface area contributed by atoms with Gasteiger partial charge in [-0.25, -0.2) is 4.79 Å². The van der Waals surface area contributed by atoms with Crippen molar-refractivity contribution in [1.29, 1.82) is 0 Å². The first kappa shape index (κ1) is 19.4. The quantitative estimate of drug-likeness (QED) is 0.578. The fraction of sp³-hybridized carbons (Fsp3) is 0.421. The van der Waals surface area contributed by atoms with Gasteiger partial charge in [0, 0.05) is 6.04 Å². The molecule has 8 heteroatoms. The van der Waals surface area contributed by atoms with Gasteiger partial charge in [0.2, 0.25) is 0 Å². The minimum absolute atomic E-state index is 0.0701. The molecule has 0 unspecified atom stereocenters. The molecule has 1 aliphatic carbocycles. The van der Waals surface area contributed by atoms with Crippen molar-refractivity contribution in [2.24, 2.45) is 0 Å². The lowest BCUT2D eigenvalue weighted by Crippen LogP contribution is -2.58. The summed E-state index contributed by atoms with van der Waals surface area (Å²) in [6, 6.07) is 2.58. The molecule has 4 amide bonds. The molecular weight excluding hydrogens is 416 g/mol. The Kier molecular flexibility index (Phi) is 5.84. The number of benzene rings is 1. The minimum Gasteiger partial charge on any atom is -0.493 e. The Hall–Kier alpha value is -2.35. The molecule has 1 aliphatic heterocycles. The Morgan fingerprint density at radius 3 is 2.44 bits per heavy atom. The maximum atomic E-state index is 12.9. The van der Waals surface area contributed by atoms with Crippen molar-refractivity contribution in [1.82, 2.24) is 10.2 Å². The van der Waals surface area contributed by atoms with Crippen LogP contribution in [0, 0.1) is 0 Å². The summed E-state index contributed by atoms with van der Waals surface area (Å²) < 4.78 is 11.2. The standard InChI is InChI=1S/C19H21BrN2O5/c1-26-15-10-11(9-14(20)16(15)27-2)8-13-17(23)21-19(25)22(18(13)24)12-6-4-3-5-7-12/h8-10,12H,3-7H2,1-2H3,(H,21,23,25). The molecular formula is C19H21BrN2O5. The highest BCUT2D eigenvalue weighted by Crippen LogP contribution is 2.37. The first-order valence-corrected chi connectivity index (χ1v) is 9.57. The van der Waals surface area contributed by atoms with Crippen molar-refractivity contribution >= 4 is 39.9 Å². The third kappa shape index (κ3) is 3.85. The van der Waals surface area contributed by atoms with Crippen LogP contribution >= 0.6 is 15.9 Å². The number of rotatable bonds is 4. The summed E-state index contributed by atoms with van der Waals surface area (Å²) in [4.78, 5) is 38.7. The average molecular weight is 437 g/mol. The van der Waals surface area contributed by atoms with E-state index in [1.54, 1.807) is 12.1 Å². The highest BCUT2D eigenvalue weighted by molar-refractivity contribution is 9.10. The summed E-state index contributed by atoms with van der Waals surface area (Å²) in [5.74, 6) is -0.273. The number of imide groups is 2. The number of carbonyl (C=O) groups is 3. The van der Waals surface area contributed by atoms with E-state index < -0.39 is 17.8 Å². The number of urea groups is 1. The number of barbiturate groups is 1. The second-order valence-electron chi connectivity index (χ2n) is 6.52. The van der Waals surface area contributed by atoms with Gasteiger partial charge in [-0.15, -0.1) is 0 Å². The van der Waals surface area contributed by atoms with Gasteiger partial charge in [-0.2, -0.15) is 0 Å². The van der Waals surface area contributed by atoms with Crippen LogP contribution in [0.15, 0.2) is 22.2 Å². The summed E-state index contributed by atoms with van der Waals surface area (Å²) in [7, 11) is 3.02. The molecule has 1 heterocycles. The summed E-state index contributed by atoms with van der Waals surface area (Å²) >= 11 is 3.39. The molecule has 2 fully saturated rings. The maximum absolute atomic E-state index is 12.9. The van der Waals surface area contributed by atoms with Crippen molar-refractivity contribution in [3.8, 4) is 11.5 Å². The molecule has 1 N–H and O–H groups in total. The lowest BCUT2D eigenvalue weighted by molar-refractivity contribution is -0.132. The van der Waals surface area contributed by atoms with Gasteiger partial charge in [0.15, 0.2) is 11.5 Å². The van der Waals surface area contributed by atoms with E-state index in [0.717, 1.165) is 32.1 Å². The fourth-order valence-electron chi connectivity index (χ4n) is 3.53. The van der Waals surface area contributed by atoms with E-state index in [4.69, 9.17) is 9.47 Å². The second-order valence-corrected chi connectivity index (χ2v) is 7.38. The van der Waals surface area contributed by atoms with E-state index in [0.29, 0.717) is 21.5 Å². The van der Waals surface area contributed by atoms with E-state index in [2.05, 4.69) is 21.2 Å². The first-order chi connectivity index (χ1) is 13.0. The summed E-state index contributed by atoms with van der Waals surface area (Å²) in [6.45, 7) is 0.